The summed E-state index contributed by atoms with van der Waals surface area (Å²) in [6.45, 7) is 4.97. The average molecular weight is 294 g/mol. The number of rotatable bonds is 4. The summed E-state index contributed by atoms with van der Waals surface area (Å²) in [4.78, 5) is 0. The van der Waals surface area contributed by atoms with Gasteiger partial charge in [-0.25, -0.2) is 0 Å². The molecule has 74 valence electrons. The lowest BCUT2D eigenvalue weighted by atomic mass is 10.2. The number of methoxy groups -OCH3 is 1. The van der Waals surface area contributed by atoms with Gasteiger partial charge in [-0.1, -0.05) is 6.92 Å². The topological polar surface area (TPSA) is 27.1 Å². The third-order valence-corrected chi connectivity index (χ3v) is 3.04. The molecule has 1 aromatic heterocycles. The van der Waals surface area contributed by atoms with Gasteiger partial charge in [0.15, 0.2) is 0 Å². The molecule has 1 rings (SSSR count). The first-order valence-corrected chi connectivity index (χ1v) is 5.49. The van der Waals surface area contributed by atoms with Gasteiger partial charge >= 0.3 is 0 Å². The molecule has 0 aromatic carbocycles. The first-order valence-electron chi connectivity index (χ1n) is 4.41. The fraction of sp³-hybridized carbons (Fsp3) is 0.667. The first kappa shape index (κ1) is 11.0. The number of hydrogen-bond acceptors (Lipinski definition) is 2. The van der Waals surface area contributed by atoms with Gasteiger partial charge < -0.3 is 4.74 Å². The minimum Gasteiger partial charge on any atom is -0.378 e. The Morgan fingerprint density at radius 2 is 2.38 bits per heavy atom. The van der Waals surface area contributed by atoms with E-state index in [1.807, 2.05) is 10.9 Å². The van der Waals surface area contributed by atoms with Crippen LogP contribution in [0.1, 0.15) is 32.0 Å². The molecule has 0 fully saturated rings. The summed E-state index contributed by atoms with van der Waals surface area (Å²) in [6, 6.07) is 0.452. The number of halogens is 1. The van der Waals surface area contributed by atoms with Crippen LogP contribution in [0.15, 0.2) is 6.20 Å². The third-order valence-electron chi connectivity index (χ3n) is 2.14. The van der Waals surface area contributed by atoms with Crippen LogP contribution in [0, 0.1) is 3.57 Å². The number of aromatic nitrogens is 2. The van der Waals surface area contributed by atoms with E-state index in [9.17, 15) is 0 Å². The second-order valence-electron chi connectivity index (χ2n) is 3.07. The fourth-order valence-corrected chi connectivity index (χ4v) is 1.72. The van der Waals surface area contributed by atoms with Gasteiger partial charge in [0.2, 0.25) is 0 Å². The van der Waals surface area contributed by atoms with Gasteiger partial charge in [-0.2, -0.15) is 5.10 Å². The van der Waals surface area contributed by atoms with E-state index in [1.165, 1.54) is 9.26 Å². The van der Waals surface area contributed by atoms with Crippen LogP contribution in [-0.2, 0) is 11.3 Å². The molecular weight excluding hydrogens is 279 g/mol. The lowest BCUT2D eigenvalue weighted by molar-refractivity contribution is 0.173. The van der Waals surface area contributed by atoms with Gasteiger partial charge in [0.25, 0.3) is 0 Å². The van der Waals surface area contributed by atoms with Crippen molar-refractivity contribution in [3.8, 4) is 0 Å². The molecule has 13 heavy (non-hydrogen) atoms. The molecule has 4 heteroatoms. The molecule has 0 aliphatic rings. The number of hydrogen-bond donors (Lipinski definition) is 0. The highest BCUT2D eigenvalue weighted by atomic mass is 127. The summed E-state index contributed by atoms with van der Waals surface area (Å²) < 4.78 is 8.36. The van der Waals surface area contributed by atoms with Crippen molar-refractivity contribution in [1.82, 2.24) is 9.78 Å². The Hall–Kier alpha value is -0.100. The van der Waals surface area contributed by atoms with Gasteiger partial charge in [0.1, 0.15) is 0 Å². The molecule has 0 bridgehead atoms. The predicted molar refractivity (Wildman–Crippen MR) is 60.7 cm³/mol. The second kappa shape index (κ2) is 4.95. The lowest BCUT2D eigenvalue weighted by Gasteiger charge is -2.13. The molecule has 0 aliphatic heterocycles. The molecule has 1 aromatic rings. The predicted octanol–water partition coefficient (Wildman–Crippen LogP) is 2.61. The maximum absolute atomic E-state index is 5.14. The number of ether oxygens (including phenoxy) is 1. The Kier molecular flexibility index (Phi) is 4.18. The molecule has 0 N–H and O–H groups in total. The van der Waals surface area contributed by atoms with Crippen LogP contribution in [0.3, 0.4) is 0 Å². The number of nitrogens with zero attached hydrogens (tertiary/aromatic N) is 2. The average Bonchev–Trinajstić information content (AvgIpc) is 2.48. The molecule has 0 aliphatic carbocycles. The lowest BCUT2D eigenvalue weighted by Crippen LogP contribution is -2.10. The van der Waals surface area contributed by atoms with Gasteiger partial charge in [0, 0.05) is 13.2 Å². The zero-order valence-corrected chi connectivity index (χ0v) is 10.4. The molecule has 0 saturated heterocycles. The molecule has 0 radical (unpaired) electrons. The molecule has 1 atom stereocenters. The second-order valence-corrected chi connectivity index (χ2v) is 4.24. The van der Waals surface area contributed by atoms with E-state index in [2.05, 4.69) is 41.5 Å². The highest BCUT2D eigenvalue weighted by Gasteiger charge is 2.11. The summed E-state index contributed by atoms with van der Waals surface area (Å²) in [5, 5.41) is 4.33. The minimum absolute atomic E-state index is 0.452. The summed E-state index contributed by atoms with van der Waals surface area (Å²) in [7, 11) is 1.71. The Morgan fingerprint density at radius 3 is 2.92 bits per heavy atom. The van der Waals surface area contributed by atoms with Crippen molar-refractivity contribution >= 4 is 22.6 Å². The maximum atomic E-state index is 5.14. The van der Waals surface area contributed by atoms with Gasteiger partial charge in [-0.05, 0) is 35.9 Å². The van der Waals surface area contributed by atoms with Crippen molar-refractivity contribution in [2.75, 3.05) is 7.11 Å². The van der Waals surface area contributed by atoms with Gasteiger partial charge in [-0.3, -0.25) is 4.68 Å². The van der Waals surface area contributed by atoms with Crippen molar-refractivity contribution in [2.45, 2.75) is 32.9 Å². The molecule has 1 heterocycles. The Balaban J connectivity index is 2.92. The van der Waals surface area contributed by atoms with Crippen molar-refractivity contribution in [1.29, 1.82) is 0 Å². The van der Waals surface area contributed by atoms with E-state index >= 15 is 0 Å². The van der Waals surface area contributed by atoms with Gasteiger partial charge in [-0.15, -0.1) is 0 Å². The van der Waals surface area contributed by atoms with Crippen molar-refractivity contribution in [2.24, 2.45) is 0 Å². The van der Waals surface area contributed by atoms with Crippen LogP contribution in [0.25, 0.3) is 0 Å². The summed E-state index contributed by atoms with van der Waals surface area (Å²) in [6.07, 6.45) is 2.98. The zero-order valence-electron chi connectivity index (χ0n) is 8.25. The fourth-order valence-electron chi connectivity index (χ4n) is 1.19. The Labute approximate surface area is 92.6 Å². The minimum atomic E-state index is 0.452. The molecule has 3 nitrogen and oxygen atoms in total. The first-order chi connectivity index (χ1) is 6.20. The molecular formula is C9H15IN2O. The van der Waals surface area contributed by atoms with Gasteiger partial charge in [0.05, 0.1) is 22.1 Å². The normalized spacial score (nSPS) is 13.2. The van der Waals surface area contributed by atoms with Crippen LogP contribution in [0.2, 0.25) is 0 Å². The maximum Gasteiger partial charge on any atom is 0.0891 e. The quantitative estimate of drug-likeness (QED) is 0.798. The summed E-state index contributed by atoms with van der Waals surface area (Å²) >= 11 is 2.29. The van der Waals surface area contributed by atoms with E-state index in [1.54, 1.807) is 7.11 Å². The highest BCUT2D eigenvalue weighted by Crippen LogP contribution is 2.18. The summed E-state index contributed by atoms with van der Waals surface area (Å²) in [5.74, 6) is 0. The van der Waals surface area contributed by atoms with E-state index in [-0.39, 0.29) is 0 Å². The highest BCUT2D eigenvalue weighted by molar-refractivity contribution is 14.1. The molecule has 0 saturated carbocycles. The summed E-state index contributed by atoms with van der Waals surface area (Å²) in [5.41, 5.74) is 1.18. The largest absolute Gasteiger partial charge is 0.378 e. The van der Waals surface area contributed by atoms with E-state index in [4.69, 9.17) is 4.74 Å². The SMILES string of the molecule is CCC(C)n1ncc(I)c1COC. The van der Waals surface area contributed by atoms with Crippen molar-refractivity contribution in [3.05, 3.63) is 15.5 Å². The van der Waals surface area contributed by atoms with Crippen LogP contribution in [0.4, 0.5) is 0 Å². The van der Waals surface area contributed by atoms with E-state index in [0.29, 0.717) is 12.6 Å². The van der Waals surface area contributed by atoms with Crippen molar-refractivity contribution < 1.29 is 4.74 Å². The third kappa shape index (κ3) is 2.43. The molecule has 1 unspecified atom stereocenters. The van der Waals surface area contributed by atoms with Crippen LogP contribution >= 0.6 is 22.6 Å². The standard InChI is InChI=1S/C9H15IN2O/c1-4-7(2)12-9(6-13-3)8(10)5-11-12/h5,7H,4,6H2,1-3H3. The van der Waals surface area contributed by atoms with Crippen LogP contribution in [0.5, 0.6) is 0 Å². The molecule has 0 amide bonds. The monoisotopic (exact) mass is 294 g/mol. The Morgan fingerprint density at radius 1 is 1.69 bits per heavy atom. The van der Waals surface area contributed by atoms with E-state index in [0.717, 1.165) is 6.42 Å². The van der Waals surface area contributed by atoms with E-state index < -0.39 is 0 Å². The smallest absolute Gasteiger partial charge is 0.0891 e. The van der Waals surface area contributed by atoms with Crippen LogP contribution < -0.4 is 0 Å². The van der Waals surface area contributed by atoms with Crippen LogP contribution in [-0.4, -0.2) is 16.9 Å². The zero-order chi connectivity index (χ0) is 9.84. The van der Waals surface area contributed by atoms with Crippen molar-refractivity contribution in [3.63, 3.8) is 0 Å². The Bertz CT molecular complexity index is 273. The molecule has 0 spiro atoms.